The quantitative estimate of drug-likeness (QED) is 0.126. The molecule has 49 heavy (non-hydrogen) atoms. The average molecular weight is 689 g/mol. The highest BCUT2D eigenvalue weighted by Crippen LogP contribution is 2.54. The van der Waals surface area contributed by atoms with Crippen molar-refractivity contribution in [1.82, 2.24) is 4.90 Å². The van der Waals surface area contributed by atoms with Crippen LogP contribution in [0.2, 0.25) is 0 Å². The van der Waals surface area contributed by atoms with Gasteiger partial charge in [0.15, 0.2) is 17.3 Å². The van der Waals surface area contributed by atoms with Crippen LogP contribution in [-0.4, -0.2) is 95.0 Å². The van der Waals surface area contributed by atoms with Gasteiger partial charge in [0.05, 0.1) is 18.2 Å². The molecule has 1 saturated carbocycles. The average Bonchev–Trinajstić information content (AvgIpc) is 2.98. The van der Waals surface area contributed by atoms with E-state index in [1.165, 1.54) is 31.1 Å². The van der Waals surface area contributed by atoms with Crippen molar-refractivity contribution >= 4 is 40.6 Å². The molecular weight excluding hydrogens is 653 g/mol. The number of alkyl halides is 3. The zero-order chi connectivity index (χ0) is 36.3. The van der Waals surface area contributed by atoms with Gasteiger partial charge in [0.2, 0.25) is 5.78 Å². The fourth-order valence-corrected chi connectivity index (χ4v) is 6.96. The fraction of sp³-hybridized carbons (Fsp3) is 0.375. The summed E-state index contributed by atoms with van der Waals surface area (Å²) in [7, 11) is 6.48. The number of halogens is 3. The van der Waals surface area contributed by atoms with Crippen molar-refractivity contribution in [3.63, 3.8) is 0 Å². The summed E-state index contributed by atoms with van der Waals surface area (Å²) in [5.74, 6) is -8.16. The van der Waals surface area contributed by atoms with Gasteiger partial charge in [-0.1, -0.05) is 0 Å². The lowest BCUT2D eigenvalue weighted by atomic mass is 9.57. The number of rotatable bonds is 7. The number of likely N-dealkylation sites (N-methyl/N-ethyl adjacent to an activating group) is 1. The minimum atomic E-state index is -4.85. The van der Waals surface area contributed by atoms with Crippen molar-refractivity contribution < 1.29 is 52.7 Å². The number of nitrogens with two attached hydrogens (primary N) is 2. The number of aliphatic hydroxyl groups is 3. The lowest BCUT2D eigenvalue weighted by Gasteiger charge is -2.50. The van der Waals surface area contributed by atoms with Crippen LogP contribution in [-0.2, 0) is 27.3 Å². The maximum atomic E-state index is 14.1. The molecule has 4 atom stereocenters. The van der Waals surface area contributed by atoms with Crippen LogP contribution in [0.3, 0.4) is 0 Å². The van der Waals surface area contributed by atoms with E-state index in [4.69, 9.17) is 11.5 Å². The highest BCUT2D eigenvalue weighted by atomic mass is 19.4. The number of carbonyl (C=O) groups excluding carboxylic acids is 3. The summed E-state index contributed by atoms with van der Waals surface area (Å²) in [6, 6.07) is 5.14. The minimum Gasteiger partial charge on any atom is -0.508 e. The number of guanidine groups is 1. The molecule has 0 aliphatic heterocycles. The maximum Gasteiger partial charge on any atom is 0.573 e. The molecule has 2 aromatic carbocycles. The first-order valence-corrected chi connectivity index (χ1v) is 14.9. The number of aliphatic hydroxyl groups excluding tert-OH is 2. The summed E-state index contributed by atoms with van der Waals surface area (Å²) in [6.07, 6.45) is -4.82. The Kier molecular flexibility index (Phi) is 8.80. The number of phenols is 1. The molecule has 0 heterocycles. The van der Waals surface area contributed by atoms with E-state index in [0.29, 0.717) is 11.3 Å². The first kappa shape index (κ1) is 35.0. The normalized spacial score (nSPS) is 24.0. The molecule has 1 amide bonds. The van der Waals surface area contributed by atoms with Gasteiger partial charge in [-0.2, -0.15) is 0 Å². The van der Waals surface area contributed by atoms with Crippen molar-refractivity contribution in [3.05, 3.63) is 63.9 Å². The van der Waals surface area contributed by atoms with Gasteiger partial charge >= 0.3 is 6.36 Å². The Morgan fingerprint density at radius 2 is 1.73 bits per heavy atom. The Morgan fingerprint density at radius 1 is 1.10 bits per heavy atom. The number of hydrogen-bond acceptors (Lipinski definition) is 11. The number of primary amides is 1. The van der Waals surface area contributed by atoms with E-state index in [2.05, 4.69) is 15.0 Å². The Labute approximate surface area is 277 Å². The van der Waals surface area contributed by atoms with Gasteiger partial charge in [-0.15, -0.1) is 13.2 Å². The van der Waals surface area contributed by atoms with Gasteiger partial charge < -0.3 is 46.8 Å². The van der Waals surface area contributed by atoms with Gasteiger partial charge in [-0.05, 0) is 68.8 Å². The van der Waals surface area contributed by atoms with Gasteiger partial charge in [0, 0.05) is 42.5 Å². The van der Waals surface area contributed by atoms with E-state index in [0.717, 1.165) is 12.1 Å². The van der Waals surface area contributed by atoms with Crippen molar-refractivity contribution in [2.24, 2.45) is 28.3 Å². The number of aliphatic imine (C=N–C) groups is 1. The lowest BCUT2D eigenvalue weighted by Crippen LogP contribution is -2.65. The van der Waals surface area contributed by atoms with E-state index in [1.54, 1.807) is 25.1 Å². The summed E-state index contributed by atoms with van der Waals surface area (Å²) >= 11 is 0. The van der Waals surface area contributed by atoms with E-state index < -0.39 is 75.9 Å². The summed E-state index contributed by atoms with van der Waals surface area (Å²) < 4.78 is 41.2. The molecule has 3 aliphatic rings. The number of Topliss-reactive ketones (excluding diaryl/α,β-unsaturated/α-hetero) is 2. The van der Waals surface area contributed by atoms with E-state index in [9.17, 15) is 48.0 Å². The van der Waals surface area contributed by atoms with E-state index in [1.807, 2.05) is 0 Å². The smallest absolute Gasteiger partial charge is 0.508 e. The Morgan fingerprint density at radius 3 is 2.29 bits per heavy atom. The van der Waals surface area contributed by atoms with Crippen LogP contribution < -0.4 is 26.4 Å². The number of anilines is 2. The number of carbonyl (C=O) groups is 3. The van der Waals surface area contributed by atoms with E-state index >= 15 is 0 Å². The zero-order valence-corrected chi connectivity index (χ0v) is 26.8. The third-order valence-electron chi connectivity index (χ3n) is 9.04. The van der Waals surface area contributed by atoms with Crippen LogP contribution in [0.15, 0.2) is 52.2 Å². The molecule has 0 aromatic heterocycles. The SMILES string of the molecule is CN(C)c1cc(CN=C(N)Nc2ccc(OC(F)(F)F)cc2)c(O)c2c1CC1CC3[C@H](N(C)C)C(=O)C(C(N)=O)=C(O)[C@@]3(O)C(=O)C1=C2O. The van der Waals surface area contributed by atoms with Crippen molar-refractivity contribution in [2.45, 2.75) is 37.4 Å². The highest BCUT2D eigenvalue weighted by molar-refractivity contribution is 6.24. The molecule has 0 spiro atoms. The number of aromatic hydroxyl groups is 1. The van der Waals surface area contributed by atoms with Gasteiger partial charge in [0.1, 0.15) is 28.6 Å². The number of phenolic OH excluding ortho intramolecular Hbond substituents is 1. The standard InChI is InChI=1S/C32H35F3N6O8/c1-40(2)19-11-14(12-38-30(37)39-15-5-7-16(8-6-15)49-32(33,34)35)24(42)21-17(19)9-13-10-18-23(41(3)4)26(44)22(29(36)47)28(46)31(18,48)27(45)20(13)25(21)43/h5-8,11,13,18,23,42-43,46,48H,9-10,12H2,1-4H3,(H2,36,47)(H3,37,38,39)/t13?,18?,23-,31-/m0/s1. The third kappa shape index (κ3) is 5.99. The molecule has 1 fully saturated rings. The highest BCUT2D eigenvalue weighted by Gasteiger charge is 2.64. The van der Waals surface area contributed by atoms with E-state index in [-0.39, 0.29) is 47.7 Å². The van der Waals surface area contributed by atoms with Crippen LogP contribution in [0, 0.1) is 11.8 Å². The molecule has 9 N–H and O–H groups in total. The summed E-state index contributed by atoms with van der Waals surface area (Å²) in [5.41, 5.74) is 8.75. The predicted octanol–water partition coefficient (Wildman–Crippen LogP) is 1.86. The first-order valence-electron chi connectivity index (χ1n) is 14.9. The molecular formula is C32H35F3N6O8. The monoisotopic (exact) mass is 688 g/mol. The predicted molar refractivity (Wildman–Crippen MR) is 171 cm³/mol. The lowest BCUT2D eigenvalue weighted by molar-refractivity contribution is -0.274. The third-order valence-corrected chi connectivity index (χ3v) is 9.04. The second-order valence-electron chi connectivity index (χ2n) is 12.5. The van der Waals surface area contributed by atoms with Crippen LogP contribution in [0.1, 0.15) is 23.1 Å². The number of fused-ring (bicyclic) bond motifs is 3. The molecule has 2 aromatic rings. The van der Waals surface area contributed by atoms with Crippen LogP contribution in [0.4, 0.5) is 24.5 Å². The minimum absolute atomic E-state index is 0.0586. The van der Waals surface area contributed by atoms with Gasteiger partial charge in [-0.3, -0.25) is 19.3 Å². The molecule has 0 bridgehead atoms. The number of hydrogen-bond donors (Lipinski definition) is 7. The number of benzene rings is 2. The zero-order valence-electron chi connectivity index (χ0n) is 26.8. The maximum absolute atomic E-state index is 14.1. The Balaban J connectivity index is 1.53. The molecule has 0 radical (unpaired) electrons. The Bertz CT molecular complexity index is 1840. The number of nitrogens with one attached hydrogen (secondary N) is 1. The summed E-state index contributed by atoms with van der Waals surface area (Å²) in [4.78, 5) is 47.0. The molecule has 2 unspecified atom stereocenters. The van der Waals surface area contributed by atoms with Crippen LogP contribution in [0.5, 0.6) is 11.5 Å². The topological polar surface area (TPSA) is 224 Å². The summed E-state index contributed by atoms with van der Waals surface area (Å²) in [6.45, 7) is -0.252. The first-order chi connectivity index (χ1) is 22.8. The molecule has 0 saturated heterocycles. The number of nitrogens with zero attached hydrogens (tertiary/aromatic N) is 3. The molecule has 3 aliphatic carbocycles. The summed E-state index contributed by atoms with van der Waals surface area (Å²) in [5, 5.41) is 48.7. The van der Waals surface area contributed by atoms with Gasteiger partial charge in [0.25, 0.3) is 5.91 Å². The van der Waals surface area contributed by atoms with Crippen LogP contribution in [0.25, 0.3) is 5.76 Å². The molecule has 262 valence electrons. The molecule has 5 rings (SSSR count). The van der Waals surface area contributed by atoms with Crippen molar-refractivity contribution in [2.75, 3.05) is 38.4 Å². The van der Waals surface area contributed by atoms with Crippen molar-refractivity contribution in [1.29, 1.82) is 0 Å². The van der Waals surface area contributed by atoms with Crippen molar-refractivity contribution in [3.8, 4) is 11.5 Å². The Hall–Kier alpha value is -5.29. The van der Waals surface area contributed by atoms with Gasteiger partial charge in [-0.25, -0.2) is 4.99 Å². The number of ether oxygens (including phenoxy) is 1. The van der Waals surface area contributed by atoms with Crippen LogP contribution >= 0.6 is 0 Å². The fourth-order valence-electron chi connectivity index (χ4n) is 6.96. The largest absolute Gasteiger partial charge is 0.573 e. The molecule has 17 heteroatoms. The second-order valence-corrected chi connectivity index (χ2v) is 12.5. The number of amides is 1. The second kappa shape index (κ2) is 12.3. The number of ketones is 2. The molecule has 14 nitrogen and oxygen atoms in total.